The Labute approximate surface area is 79.3 Å². The summed E-state index contributed by atoms with van der Waals surface area (Å²) in [5.74, 6) is 0.129. The van der Waals surface area contributed by atoms with Gasteiger partial charge in [-0.2, -0.15) is 5.26 Å². The maximum atomic E-state index is 11.1. The summed E-state index contributed by atoms with van der Waals surface area (Å²) in [5.41, 5.74) is 0.0265. The monoisotopic (exact) mass is 180 g/mol. The summed E-state index contributed by atoms with van der Waals surface area (Å²) in [6, 6.07) is 2.20. The van der Waals surface area contributed by atoms with E-state index in [1.165, 1.54) is 0 Å². The molecule has 3 nitrogen and oxygen atoms in total. The maximum Gasteiger partial charge on any atom is 0.219 e. The lowest BCUT2D eigenvalue weighted by Gasteiger charge is -2.38. The van der Waals surface area contributed by atoms with Crippen molar-refractivity contribution in [1.82, 2.24) is 4.90 Å². The fraction of sp³-hybridized carbons (Fsp3) is 0.800. The van der Waals surface area contributed by atoms with E-state index in [0.717, 1.165) is 25.9 Å². The zero-order chi connectivity index (χ0) is 9.90. The van der Waals surface area contributed by atoms with Gasteiger partial charge in [-0.3, -0.25) is 4.79 Å². The van der Waals surface area contributed by atoms with Crippen molar-refractivity contribution in [1.29, 1.82) is 5.26 Å². The molecule has 72 valence electrons. The zero-order valence-corrected chi connectivity index (χ0v) is 8.34. The second-order valence-corrected chi connectivity index (χ2v) is 4.19. The van der Waals surface area contributed by atoms with Crippen LogP contribution in [0, 0.1) is 16.7 Å². The lowest BCUT2D eigenvalue weighted by atomic mass is 9.79. The van der Waals surface area contributed by atoms with Crippen molar-refractivity contribution in [2.45, 2.75) is 33.1 Å². The zero-order valence-electron chi connectivity index (χ0n) is 8.34. The van der Waals surface area contributed by atoms with Crippen LogP contribution in [0.15, 0.2) is 0 Å². The van der Waals surface area contributed by atoms with Crippen LogP contribution < -0.4 is 0 Å². The Hall–Kier alpha value is -1.04. The molecule has 1 unspecified atom stereocenters. The predicted molar refractivity (Wildman–Crippen MR) is 49.8 cm³/mol. The Balaban J connectivity index is 2.60. The van der Waals surface area contributed by atoms with E-state index in [2.05, 4.69) is 13.0 Å². The molecule has 0 bridgehead atoms. The van der Waals surface area contributed by atoms with Crippen LogP contribution in [-0.4, -0.2) is 23.9 Å². The van der Waals surface area contributed by atoms with Gasteiger partial charge >= 0.3 is 0 Å². The molecule has 0 radical (unpaired) electrons. The third-order valence-electron chi connectivity index (χ3n) is 2.73. The van der Waals surface area contributed by atoms with Gasteiger partial charge in [0.05, 0.1) is 6.07 Å². The highest BCUT2D eigenvalue weighted by Crippen LogP contribution is 2.32. The first-order valence-corrected chi connectivity index (χ1v) is 4.70. The van der Waals surface area contributed by atoms with E-state index in [0.29, 0.717) is 6.42 Å². The molecule has 0 aliphatic carbocycles. The van der Waals surface area contributed by atoms with Gasteiger partial charge in [0.15, 0.2) is 0 Å². The minimum Gasteiger partial charge on any atom is -0.342 e. The van der Waals surface area contributed by atoms with E-state index in [1.807, 2.05) is 4.90 Å². The van der Waals surface area contributed by atoms with E-state index in [9.17, 15) is 4.79 Å². The number of hydrogen-bond donors (Lipinski definition) is 0. The number of rotatable bonds is 1. The Morgan fingerprint density at radius 1 is 1.69 bits per heavy atom. The first-order chi connectivity index (χ1) is 6.07. The molecule has 0 aromatic carbocycles. The third kappa shape index (κ3) is 2.45. The lowest BCUT2D eigenvalue weighted by molar-refractivity contribution is -0.132. The largest absolute Gasteiger partial charge is 0.342 e. The molecule has 1 fully saturated rings. The van der Waals surface area contributed by atoms with Crippen LogP contribution in [0.5, 0.6) is 0 Å². The number of amides is 1. The Bertz CT molecular complexity index is 244. The van der Waals surface area contributed by atoms with Gasteiger partial charge in [-0.15, -0.1) is 0 Å². The van der Waals surface area contributed by atoms with Crippen LogP contribution in [0.3, 0.4) is 0 Å². The fourth-order valence-corrected chi connectivity index (χ4v) is 1.92. The summed E-state index contributed by atoms with van der Waals surface area (Å²) in [7, 11) is 0. The summed E-state index contributed by atoms with van der Waals surface area (Å²) in [6.45, 7) is 5.29. The fourth-order valence-electron chi connectivity index (χ4n) is 1.92. The minimum atomic E-state index is 0.0265. The highest BCUT2D eigenvalue weighted by atomic mass is 16.2. The predicted octanol–water partition coefficient (Wildman–Crippen LogP) is 1.55. The summed E-state index contributed by atoms with van der Waals surface area (Å²) < 4.78 is 0. The highest BCUT2D eigenvalue weighted by Gasteiger charge is 2.31. The average molecular weight is 180 g/mol. The van der Waals surface area contributed by atoms with Gasteiger partial charge in [0, 0.05) is 26.4 Å². The number of likely N-dealkylation sites (tertiary alicyclic amines) is 1. The van der Waals surface area contributed by atoms with Crippen LogP contribution in [0.4, 0.5) is 0 Å². The first kappa shape index (κ1) is 10.0. The van der Waals surface area contributed by atoms with Gasteiger partial charge in [-0.25, -0.2) is 0 Å². The van der Waals surface area contributed by atoms with E-state index < -0.39 is 0 Å². The van der Waals surface area contributed by atoms with Gasteiger partial charge in [-0.05, 0) is 18.3 Å². The summed E-state index contributed by atoms with van der Waals surface area (Å²) in [5, 5.41) is 8.66. The number of nitrogens with zero attached hydrogens (tertiary/aromatic N) is 2. The molecular formula is C10H16N2O. The lowest BCUT2D eigenvalue weighted by Crippen LogP contribution is -2.43. The topological polar surface area (TPSA) is 44.1 Å². The molecule has 1 aliphatic heterocycles. The van der Waals surface area contributed by atoms with Crippen LogP contribution in [0.2, 0.25) is 0 Å². The first-order valence-electron chi connectivity index (χ1n) is 4.70. The molecule has 1 saturated heterocycles. The van der Waals surface area contributed by atoms with Gasteiger partial charge in [-0.1, -0.05) is 6.92 Å². The molecule has 0 aromatic heterocycles. The Kier molecular flexibility index (Phi) is 2.92. The second-order valence-electron chi connectivity index (χ2n) is 4.19. The molecule has 1 heterocycles. The second kappa shape index (κ2) is 3.78. The molecule has 1 aliphatic rings. The Morgan fingerprint density at radius 3 is 2.92 bits per heavy atom. The highest BCUT2D eigenvalue weighted by molar-refractivity contribution is 5.73. The molecular weight excluding hydrogens is 164 g/mol. The molecule has 1 atom stereocenters. The molecule has 3 heteroatoms. The molecule has 1 rings (SSSR count). The quantitative estimate of drug-likeness (QED) is 0.614. The van der Waals surface area contributed by atoms with Crippen LogP contribution in [0.25, 0.3) is 0 Å². The maximum absolute atomic E-state index is 11.1. The average Bonchev–Trinajstić information content (AvgIpc) is 2.04. The molecule has 0 spiro atoms. The van der Waals surface area contributed by atoms with Crippen LogP contribution in [0.1, 0.15) is 33.1 Å². The number of carbonyl (C=O) groups excluding carboxylic acids is 1. The van der Waals surface area contributed by atoms with E-state index in [-0.39, 0.29) is 11.3 Å². The van der Waals surface area contributed by atoms with Crippen molar-refractivity contribution in [2.24, 2.45) is 5.41 Å². The van der Waals surface area contributed by atoms with Gasteiger partial charge in [0.2, 0.25) is 5.91 Å². The van der Waals surface area contributed by atoms with Crippen molar-refractivity contribution < 1.29 is 4.79 Å². The SMILES string of the molecule is CC(=O)N1CCCC(C)(CC#N)C1. The molecule has 0 saturated carbocycles. The molecule has 1 amide bonds. The van der Waals surface area contributed by atoms with Crippen molar-refractivity contribution >= 4 is 5.91 Å². The molecule has 0 N–H and O–H groups in total. The van der Waals surface area contributed by atoms with E-state index in [1.54, 1.807) is 6.92 Å². The summed E-state index contributed by atoms with van der Waals surface area (Å²) in [6.07, 6.45) is 2.64. The summed E-state index contributed by atoms with van der Waals surface area (Å²) in [4.78, 5) is 13.0. The standard InChI is InChI=1S/C10H16N2O/c1-9(13)12-7-3-4-10(2,8-12)5-6-11/h3-5,7-8H2,1-2H3. The van der Waals surface area contributed by atoms with Crippen LogP contribution >= 0.6 is 0 Å². The van der Waals surface area contributed by atoms with Gasteiger partial charge < -0.3 is 4.90 Å². The third-order valence-corrected chi connectivity index (χ3v) is 2.73. The number of piperidine rings is 1. The number of carbonyl (C=O) groups is 1. The van der Waals surface area contributed by atoms with E-state index >= 15 is 0 Å². The van der Waals surface area contributed by atoms with Crippen LogP contribution in [-0.2, 0) is 4.79 Å². The molecule has 13 heavy (non-hydrogen) atoms. The number of hydrogen-bond acceptors (Lipinski definition) is 2. The number of nitriles is 1. The smallest absolute Gasteiger partial charge is 0.219 e. The minimum absolute atomic E-state index is 0.0265. The van der Waals surface area contributed by atoms with Gasteiger partial charge in [0.1, 0.15) is 0 Å². The summed E-state index contributed by atoms with van der Waals surface area (Å²) >= 11 is 0. The van der Waals surface area contributed by atoms with Crippen molar-refractivity contribution in [2.75, 3.05) is 13.1 Å². The van der Waals surface area contributed by atoms with Crippen molar-refractivity contribution in [3.05, 3.63) is 0 Å². The van der Waals surface area contributed by atoms with Crippen molar-refractivity contribution in [3.8, 4) is 6.07 Å². The van der Waals surface area contributed by atoms with Crippen molar-refractivity contribution in [3.63, 3.8) is 0 Å². The molecule has 0 aromatic rings. The van der Waals surface area contributed by atoms with E-state index in [4.69, 9.17) is 5.26 Å². The Morgan fingerprint density at radius 2 is 2.38 bits per heavy atom. The van der Waals surface area contributed by atoms with Gasteiger partial charge in [0.25, 0.3) is 0 Å². The normalized spacial score (nSPS) is 28.2.